The van der Waals surface area contributed by atoms with Crippen molar-refractivity contribution in [3.8, 4) is 23.7 Å². The standard InChI is InChI=1S/C24H36N2O12/c27-11-13-17(31)19(33)21(35)23(37-13)25-15(29)9-7-5-3-1-2-4-6-8-10-16(30)26-24-22(36)20(34)18(32)14(12-28)38-24/h13-14,17-24,27-28,31-36H,5-12H2,(H,25,29)(H,26,30)/t13-,14-,17+,18+,19+,20+,21-,22-,23-,24-/m1/s1. The Bertz CT molecular complexity index is 820. The first-order chi connectivity index (χ1) is 18.1. The van der Waals surface area contributed by atoms with E-state index < -0.39 is 86.3 Å². The second kappa shape index (κ2) is 15.9. The number of nitrogens with one attached hydrogen (secondary N) is 2. The van der Waals surface area contributed by atoms with Gasteiger partial charge >= 0.3 is 0 Å². The number of hydrogen-bond acceptors (Lipinski definition) is 12. The monoisotopic (exact) mass is 544 g/mol. The molecule has 2 aliphatic rings. The molecule has 10 N–H and O–H groups in total. The number of carbonyl (C=O) groups is 2. The molecule has 2 amide bonds. The van der Waals surface area contributed by atoms with Crippen molar-refractivity contribution in [1.82, 2.24) is 10.6 Å². The Morgan fingerprint density at radius 1 is 0.605 bits per heavy atom. The molecule has 214 valence electrons. The van der Waals surface area contributed by atoms with E-state index in [9.17, 15) is 40.2 Å². The number of amides is 2. The van der Waals surface area contributed by atoms with Crippen LogP contribution in [0.3, 0.4) is 0 Å². The fourth-order valence-corrected chi connectivity index (χ4v) is 3.79. The van der Waals surface area contributed by atoms with Gasteiger partial charge in [-0.2, -0.15) is 0 Å². The Labute approximate surface area is 219 Å². The normalized spacial score (nSPS) is 34.7. The van der Waals surface area contributed by atoms with Crippen LogP contribution in [0.25, 0.3) is 0 Å². The molecular formula is C24H36N2O12. The lowest BCUT2D eigenvalue weighted by Crippen LogP contribution is -2.63. The summed E-state index contributed by atoms with van der Waals surface area (Å²) in [5, 5.41) is 81.9. The molecular weight excluding hydrogens is 508 g/mol. The lowest BCUT2D eigenvalue weighted by atomic mass is 9.98. The third-order valence-corrected chi connectivity index (χ3v) is 6.04. The molecule has 0 aromatic rings. The number of unbranched alkanes of at least 4 members (excludes halogenated alkanes) is 2. The molecule has 38 heavy (non-hydrogen) atoms. The van der Waals surface area contributed by atoms with E-state index in [4.69, 9.17) is 19.7 Å². The van der Waals surface area contributed by atoms with Crippen molar-refractivity contribution in [2.75, 3.05) is 13.2 Å². The van der Waals surface area contributed by atoms with Crippen LogP contribution in [0.15, 0.2) is 0 Å². The lowest BCUT2D eigenvalue weighted by molar-refractivity contribution is -0.236. The molecule has 0 unspecified atom stereocenters. The molecule has 2 saturated heterocycles. The fraction of sp³-hybridized carbons (Fsp3) is 0.750. The summed E-state index contributed by atoms with van der Waals surface area (Å²) in [6.07, 6.45) is -12.4. The van der Waals surface area contributed by atoms with E-state index in [0.717, 1.165) is 0 Å². The van der Waals surface area contributed by atoms with E-state index in [2.05, 4.69) is 34.3 Å². The van der Waals surface area contributed by atoms with Gasteiger partial charge in [-0.25, -0.2) is 0 Å². The third-order valence-electron chi connectivity index (χ3n) is 6.04. The van der Waals surface area contributed by atoms with E-state index in [1.807, 2.05) is 0 Å². The molecule has 2 heterocycles. The molecule has 14 nitrogen and oxygen atoms in total. The quantitative estimate of drug-likeness (QED) is 0.0920. The van der Waals surface area contributed by atoms with Crippen LogP contribution in [-0.2, 0) is 19.1 Å². The first-order valence-corrected chi connectivity index (χ1v) is 12.3. The highest BCUT2D eigenvalue weighted by atomic mass is 16.6. The molecule has 14 heteroatoms. The number of aliphatic hydroxyl groups is 8. The van der Waals surface area contributed by atoms with Crippen LogP contribution in [-0.4, -0.2) is 127 Å². The Morgan fingerprint density at radius 2 is 0.974 bits per heavy atom. The van der Waals surface area contributed by atoms with E-state index >= 15 is 0 Å². The minimum atomic E-state index is -1.58. The van der Waals surface area contributed by atoms with Gasteiger partial charge in [-0.3, -0.25) is 9.59 Å². The van der Waals surface area contributed by atoms with E-state index in [1.54, 1.807) is 0 Å². The van der Waals surface area contributed by atoms with E-state index in [0.29, 0.717) is 25.7 Å². The van der Waals surface area contributed by atoms with Gasteiger partial charge in [0, 0.05) is 25.7 Å². The topological polar surface area (TPSA) is 238 Å². The largest absolute Gasteiger partial charge is 0.394 e. The van der Waals surface area contributed by atoms with Gasteiger partial charge < -0.3 is 61.0 Å². The lowest BCUT2D eigenvalue weighted by Gasteiger charge is -2.40. The SMILES string of the molecule is O=C(CCCC#CC#CCCCC(=O)N[C@@H]1O[C@H](CO)[C@H](O)[C@H](O)[C@H]1O)N[C@@H]1O[C@H](CO)[C@H](O)[C@H](O)[C@H]1O. The average molecular weight is 545 g/mol. The molecule has 10 atom stereocenters. The van der Waals surface area contributed by atoms with Crippen molar-refractivity contribution in [3.05, 3.63) is 0 Å². The first-order valence-electron chi connectivity index (χ1n) is 12.3. The van der Waals surface area contributed by atoms with Gasteiger partial charge in [0.1, 0.15) is 48.8 Å². The molecule has 2 aliphatic heterocycles. The predicted molar refractivity (Wildman–Crippen MR) is 127 cm³/mol. The third kappa shape index (κ3) is 9.14. The smallest absolute Gasteiger partial charge is 0.222 e. The number of ether oxygens (including phenoxy) is 2. The maximum absolute atomic E-state index is 12.0. The zero-order valence-electron chi connectivity index (χ0n) is 20.6. The second-order valence-electron chi connectivity index (χ2n) is 8.94. The molecule has 0 radical (unpaired) electrons. The summed E-state index contributed by atoms with van der Waals surface area (Å²) in [7, 11) is 0. The van der Waals surface area contributed by atoms with Gasteiger partial charge in [0.15, 0.2) is 12.5 Å². The Balaban J connectivity index is 1.60. The Kier molecular flexibility index (Phi) is 13.4. The molecule has 2 rings (SSSR count). The number of rotatable bonds is 10. The summed E-state index contributed by atoms with van der Waals surface area (Å²) in [6.45, 7) is -1.19. The van der Waals surface area contributed by atoms with Crippen LogP contribution in [0.2, 0.25) is 0 Å². The number of aliphatic hydroxyl groups excluding tert-OH is 8. The fourth-order valence-electron chi connectivity index (χ4n) is 3.79. The number of hydrogen-bond donors (Lipinski definition) is 10. The van der Waals surface area contributed by atoms with Crippen molar-refractivity contribution >= 4 is 11.8 Å². The van der Waals surface area contributed by atoms with Gasteiger partial charge in [0.05, 0.1) is 13.2 Å². The summed E-state index contributed by atoms with van der Waals surface area (Å²) >= 11 is 0. The second-order valence-corrected chi connectivity index (χ2v) is 8.94. The van der Waals surface area contributed by atoms with Crippen molar-refractivity contribution in [3.63, 3.8) is 0 Å². The average Bonchev–Trinajstić information content (AvgIpc) is 2.90. The van der Waals surface area contributed by atoms with Crippen molar-refractivity contribution in [1.29, 1.82) is 0 Å². The Morgan fingerprint density at radius 3 is 1.32 bits per heavy atom. The molecule has 0 aliphatic carbocycles. The summed E-state index contributed by atoms with van der Waals surface area (Å²) in [5.74, 6) is 9.88. The maximum atomic E-state index is 12.0. The van der Waals surface area contributed by atoms with Gasteiger partial charge in [-0.1, -0.05) is 11.8 Å². The van der Waals surface area contributed by atoms with Crippen LogP contribution < -0.4 is 10.6 Å². The van der Waals surface area contributed by atoms with E-state index in [-0.39, 0.29) is 12.8 Å². The predicted octanol–water partition coefficient (Wildman–Crippen LogP) is -4.83. The van der Waals surface area contributed by atoms with Gasteiger partial charge in [-0.05, 0) is 24.7 Å². The van der Waals surface area contributed by atoms with Crippen molar-refractivity contribution in [2.24, 2.45) is 0 Å². The summed E-state index contributed by atoms with van der Waals surface area (Å²) in [6, 6.07) is 0. The van der Waals surface area contributed by atoms with Crippen molar-refractivity contribution < 1.29 is 59.9 Å². The molecule has 0 spiro atoms. The zero-order valence-corrected chi connectivity index (χ0v) is 20.6. The first kappa shape index (κ1) is 31.9. The van der Waals surface area contributed by atoms with Gasteiger partial charge in [0.2, 0.25) is 11.8 Å². The minimum Gasteiger partial charge on any atom is -0.394 e. The van der Waals surface area contributed by atoms with Crippen molar-refractivity contribution in [2.45, 2.75) is 99.8 Å². The molecule has 0 aromatic carbocycles. The van der Waals surface area contributed by atoms with Crippen LogP contribution in [0.1, 0.15) is 38.5 Å². The maximum Gasteiger partial charge on any atom is 0.222 e. The van der Waals surface area contributed by atoms with Gasteiger partial charge in [-0.15, -0.1) is 0 Å². The van der Waals surface area contributed by atoms with E-state index in [1.165, 1.54) is 0 Å². The highest BCUT2D eigenvalue weighted by Crippen LogP contribution is 2.21. The number of carbonyl (C=O) groups excluding carboxylic acids is 2. The minimum absolute atomic E-state index is 0.0562. The summed E-state index contributed by atoms with van der Waals surface area (Å²) in [4.78, 5) is 24.1. The molecule has 0 aromatic heterocycles. The molecule has 2 fully saturated rings. The Hall–Kier alpha value is -2.34. The molecule has 0 bridgehead atoms. The van der Waals surface area contributed by atoms with Crippen LogP contribution in [0.4, 0.5) is 0 Å². The summed E-state index contributed by atoms with van der Waals surface area (Å²) < 4.78 is 10.4. The highest BCUT2D eigenvalue weighted by molar-refractivity contribution is 5.76. The van der Waals surface area contributed by atoms with Crippen LogP contribution >= 0.6 is 0 Å². The molecule has 0 saturated carbocycles. The van der Waals surface area contributed by atoms with Crippen LogP contribution in [0.5, 0.6) is 0 Å². The zero-order chi connectivity index (χ0) is 28.2. The van der Waals surface area contributed by atoms with Crippen LogP contribution in [0, 0.1) is 23.7 Å². The van der Waals surface area contributed by atoms with Gasteiger partial charge in [0.25, 0.3) is 0 Å². The summed E-state index contributed by atoms with van der Waals surface area (Å²) in [5.41, 5.74) is 0. The highest BCUT2D eigenvalue weighted by Gasteiger charge is 2.44.